The monoisotopic (exact) mass is 395 g/mol. The Kier molecular flexibility index (Phi) is 4.78. The first-order valence-electron chi connectivity index (χ1n) is 10.7. The number of aromatic nitrogens is 2. The van der Waals surface area contributed by atoms with Crippen molar-refractivity contribution in [2.45, 2.75) is 57.7 Å². The lowest BCUT2D eigenvalue weighted by Gasteiger charge is -2.40. The molecule has 7 heteroatoms. The lowest BCUT2D eigenvalue weighted by molar-refractivity contribution is -0.0330. The molecule has 0 saturated carbocycles. The molecule has 1 N–H and O–H groups in total. The van der Waals surface area contributed by atoms with Gasteiger partial charge in [0.05, 0.1) is 22.9 Å². The Labute approximate surface area is 171 Å². The van der Waals surface area contributed by atoms with Gasteiger partial charge in [0.25, 0.3) is 0 Å². The zero-order chi connectivity index (χ0) is 19.8. The molecule has 1 spiro atoms. The molecule has 29 heavy (non-hydrogen) atoms. The van der Waals surface area contributed by atoms with Gasteiger partial charge in [0.2, 0.25) is 0 Å². The van der Waals surface area contributed by atoms with E-state index in [2.05, 4.69) is 26.2 Å². The van der Waals surface area contributed by atoms with E-state index in [0.29, 0.717) is 6.67 Å². The molecular formula is C22H29N5O2. The number of H-pyrrole nitrogens is 1. The van der Waals surface area contributed by atoms with Gasteiger partial charge in [-0.15, -0.1) is 0 Å². The highest BCUT2D eigenvalue weighted by Crippen LogP contribution is 2.36. The Hall–Kier alpha value is -2.41. The predicted octanol–water partition coefficient (Wildman–Crippen LogP) is 3.54. The highest BCUT2D eigenvalue weighted by atomic mass is 16.5. The lowest BCUT2D eigenvalue weighted by atomic mass is 9.88. The minimum absolute atomic E-state index is 0.133. The van der Waals surface area contributed by atoms with Crippen molar-refractivity contribution in [1.82, 2.24) is 15.1 Å². The number of fused-ring (bicyclic) bond motifs is 1. The van der Waals surface area contributed by atoms with Gasteiger partial charge in [-0.05, 0) is 57.7 Å². The fourth-order valence-electron chi connectivity index (χ4n) is 4.71. The summed E-state index contributed by atoms with van der Waals surface area (Å²) in [6.07, 6.45) is 5.47. The van der Waals surface area contributed by atoms with Crippen molar-refractivity contribution in [2.75, 3.05) is 26.4 Å². The largest absolute Gasteiger partial charge is 0.491 e. The predicted molar refractivity (Wildman–Crippen MR) is 114 cm³/mol. The van der Waals surface area contributed by atoms with E-state index in [1.807, 2.05) is 26.0 Å². The van der Waals surface area contributed by atoms with Crippen molar-refractivity contribution in [3.63, 3.8) is 0 Å². The van der Waals surface area contributed by atoms with E-state index >= 15 is 0 Å². The van der Waals surface area contributed by atoms with E-state index in [-0.39, 0.29) is 11.7 Å². The average Bonchev–Trinajstić information content (AvgIpc) is 3.35. The molecular weight excluding hydrogens is 366 g/mol. The Balaban J connectivity index is 1.32. The molecule has 2 aromatic rings. The maximum atomic E-state index is 6.07. The number of likely N-dealkylation sites (tertiary alicyclic amines) is 1. The van der Waals surface area contributed by atoms with Crippen molar-refractivity contribution >= 4 is 22.5 Å². The summed E-state index contributed by atoms with van der Waals surface area (Å²) in [4.78, 5) is 11.8. The van der Waals surface area contributed by atoms with Crippen LogP contribution in [0.2, 0.25) is 0 Å². The third-order valence-corrected chi connectivity index (χ3v) is 6.24. The first kappa shape index (κ1) is 18.6. The summed E-state index contributed by atoms with van der Waals surface area (Å²) in [5.74, 6) is 1.99. The van der Waals surface area contributed by atoms with E-state index in [0.717, 1.165) is 72.9 Å². The Morgan fingerprint density at radius 1 is 1.17 bits per heavy atom. The van der Waals surface area contributed by atoms with Crippen LogP contribution in [0.15, 0.2) is 28.2 Å². The molecule has 1 aromatic carbocycles. The second kappa shape index (κ2) is 7.44. The Morgan fingerprint density at radius 2 is 2.03 bits per heavy atom. The third kappa shape index (κ3) is 3.64. The Morgan fingerprint density at radius 3 is 2.79 bits per heavy atom. The first-order chi connectivity index (χ1) is 14.1. The normalized spacial score (nSPS) is 21.7. The summed E-state index contributed by atoms with van der Waals surface area (Å²) in [5, 5.41) is 8.76. The number of amidine groups is 1. The van der Waals surface area contributed by atoms with Crippen LogP contribution in [-0.2, 0) is 4.74 Å². The van der Waals surface area contributed by atoms with Crippen molar-refractivity contribution in [1.29, 1.82) is 0 Å². The summed E-state index contributed by atoms with van der Waals surface area (Å²) in [7, 11) is 0. The number of nitrogens with zero attached hydrogens (tertiary/aromatic N) is 4. The zero-order valence-corrected chi connectivity index (χ0v) is 17.3. The summed E-state index contributed by atoms with van der Waals surface area (Å²) < 4.78 is 11.9. The smallest absolute Gasteiger partial charge is 0.131 e. The molecule has 0 amide bonds. The number of hydrogen-bond acceptors (Lipinski definition) is 6. The van der Waals surface area contributed by atoms with E-state index in [1.165, 1.54) is 12.8 Å². The van der Waals surface area contributed by atoms with Gasteiger partial charge >= 0.3 is 0 Å². The number of benzene rings is 1. The van der Waals surface area contributed by atoms with E-state index < -0.39 is 0 Å². The van der Waals surface area contributed by atoms with Crippen LogP contribution >= 0.6 is 0 Å². The lowest BCUT2D eigenvalue weighted by Crippen LogP contribution is -2.47. The molecule has 0 atom stereocenters. The third-order valence-electron chi connectivity index (χ3n) is 6.24. The van der Waals surface area contributed by atoms with Gasteiger partial charge in [-0.2, -0.15) is 5.10 Å². The molecule has 1 aromatic heterocycles. The molecule has 3 aliphatic heterocycles. The molecule has 0 radical (unpaired) electrons. The molecule has 2 saturated heterocycles. The molecule has 0 aliphatic carbocycles. The van der Waals surface area contributed by atoms with Crippen molar-refractivity contribution in [2.24, 2.45) is 9.98 Å². The Bertz CT molecular complexity index is 945. The number of aliphatic imine (C=N–C) groups is 2. The number of hydrogen-bond donors (Lipinski definition) is 1. The van der Waals surface area contributed by atoms with Crippen molar-refractivity contribution < 1.29 is 9.47 Å². The van der Waals surface area contributed by atoms with Crippen LogP contribution in [-0.4, -0.2) is 64.7 Å². The fourth-order valence-corrected chi connectivity index (χ4v) is 4.71. The number of rotatable bonds is 3. The van der Waals surface area contributed by atoms with E-state index in [1.54, 1.807) is 0 Å². The minimum Gasteiger partial charge on any atom is -0.491 e. The summed E-state index contributed by atoms with van der Waals surface area (Å²) in [6.45, 7) is 7.49. The number of ether oxygens (including phenoxy) is 2. The second-order valence-electron chi connectivity index (χ2n) is 8.57. The molecule has 0 bridgehead atoms. The van der Waals surface area contributed by atoms with Gasteiger partial charge < -0.3 is 14.4 Å². The second-order valence-corrected chi connectivity index (χ2v) is 8.57. The van der Waals surface area contributed by atoms with Gasteiger partial charge in [-0.1, -0.05) is 0 Å². The molecule has 154 valence electrons. The van der Waals surface area contributed by atoms with Crippen LogP contribution in [0, 0.1) is 0 Å². The van der Waals surface area contributed by atoms with Crippen molar-refractivity contribution in [3.05, 3.63) is 23.9 Å². The van der Waals surface area contributed by atoms with E-state index in [9.17, 15) is 0 Å². The topological polar surface area (TPSA) is 75.1 Å². The average molecular weight is 396 g/mol. The van der Waals surface area contributed by atoms with Gasteiger partial charge in [-0.3, -0.25) is 10.1 Å². The van der Waals surface area contributed by atoms with Gasteiger partial charge in [-0.25, -0.2) is 4.99 Å². The zero-order valence-electron chi connectivity index (χ0n) is 17.3. The first-order valence-corrected chi connectivity index (χ1v) is 10.7. The van der Waals surface area contributed by atoms with Crippen LogP contribution in [0.3, 0.4) is 0 Å². The quantitative estimate of drug-likeness (QED) is 0.862. The summed E-state index contributed by atoms with van der Waals surface area (Å²) in [6, 6.07) is 6.06. The number of piperidine rings is 1. The molecule has 3 aliphatic rings. The number of nitrogens with one attached hydrogen (secondary N) is 1. The van der Waals surface area contributed by atoms with Crippen molar-refractivity contribution in [3.8, 4) is 5.75 Å². The summed E-state index contributed by atoms with van der Waals surface area (Å²) in [5.41, 5.74) is 3.05. The van der Waals surface area contributed by atoms with Crippen LogP contribution < -0.4 is 4.74 Å². The maximum Gasteiger partial charge on any atom is 0.131 e. The highest BCUT2D eigenvalue weighted by molar-refractivity contribution is 6.17. The van der Waals surface area contributed by atoms with Gasteiger partial charge in [0, 0.05) is 31.5 Å². The minimum atomic E-state index is 0.133. The highest BCUT2D eigenvalue weighted by Gasteiger charge is 2.39. The molecule has 2 fully saturated rings. The molecule has 7 nitrogen and oxygen atoms in total. The summed E-state index contributed by atoms with van der Waals surface area (Å²) >= 11 is 0. The maximum absolute atomic E-state index is 6.07. The van der Waals surface area contributed by atoms with E-state index in [4.69, 9.17) is 14.5 Å². The fraction of sp³-hybridized carbons (Fsp3) is 0.591. The van der Waals surface area contributed by atoms with Gasteiger partial charge in [0.1, 0.15) is 23.9 Å². The molecule has 0 unspecified atom stereocenters. The molecule has 5 rings (SSSR count). The number of aromatic amines is 1. The van der Waals surface area contributed by atoms with Crippen LogP contribution in [0.1, 0.15) is 51.6 Å². The standard InChI is InChI=1S/C22H29N5O2/c1-15(2)29-16-4-5-18-17(12-16)21(26-25-18)19-13-20(24-14-23-19)27-9-7-22(8-10-27)6-3-11-28-22/h4-5,12,15H,3,6-11,13-14H2,1-2H3,(H,25,26). The van der Waals surface area contributed by atoms with Crippen LogP contribution in [0.25, 0.3) is 10.9 Å². The van der Waals surface area contributed by atoms with Gasteiger partial charge in [0.15, 0.2) is 0 Å². The van der Waals surface area contributed by atoms with Crippen LogP contribution in [0.5, 0.6) is 5.75 Å². The molecule has 4 heterocycles. The SMILES string of the molecule is CC(C)Oc1ccc2[nH]nc(C3=NCN=C(N4CCC5(CCCO5)CC4)C3)c2c1. The van der Waals surface area contributed by atoms with Crippen LogP contribution in [0.4, 0.5) is 0 Å².